The number of anilines is 2. The first-order chi connectivity index (χ1) is 15.6. The Morgan fingerprint density at radius 1 is 0.758 bits per heavy atom. The first-order valence-corrected chi connectivity index (χ1v) is 11.2. The van der Waals surface area contributed by atoms with E-state index in [-0.39, 0.29) is 17.2 Å². The monoisotopic (exact) mass is 438 g/mol. The van der Waals surface area contributed by atoms with Gasteiger partial charge in [-0.2, -0.15) is 0 Å². The van der Waals surface area contributed by atoms with Gasteiger partial charge in [0.1, 0.15) is 5.70 Å². The second-order valence-electron chi connectivity index (χ2n) is 9.79. The Morgan fingerprint density at radius 2 is 1.45 bits per heavy atom. The number of carbonyl (C=O) groups excluding carboxylic acids is 2. The first-order valence-electron chi connectivity index (χ1n) is 11.2. The number of aryl methyl sites for hydroxylation is 3. The van der Waals surface area contributed by atoms with Gasteiger partial charge in [-0.3, -0.25) is 9.59 Å². The minimum atomic E-state index is -0.349. The number of hydrogen-bond acceptors (Lipinski definition) is 3. The molecule has 0 radical (unpaired) electrons. The molecule has 33 heavy (non-hydrogen) atoms. The number of imide groups is 1. The fraction of sp³-hybridized carbons (Fsp3) is 0.241. The molecule has 1 aliphatic heterocycles. The zero-order chi connectivity index (χ0) is 23.9. The Morgan fingerprint density at radius 3 is 2.06 bits per heavy atom. The van der Waals surface area contributed by atoms with Crippen molar-refractivity contribution in [2.75, 3.05) is 10.2 Å². The van der Waals surface area contributed by atoms with Crippen molar-refractivity contribution in [1.82, 2.24) is 0 Å². The third-order valence-corrected chi connectivity index (χ3v) is 6.16. The normalized spacial score (nSPS) is 14.3. The third kappa shape index (κ3) is 4.34. The van der Waals surface area contributed by atoms with Gasteiger partial charge in [0.2, 0.25) is 0 Å². The van der Waals surface area contributed by atoms with Gasteiger partial charge in [-0.1, -0.05) is 63.2 Å². The summed E-state index contributed by atoms with van der Waals surface area (Å²) in [5.74, 6) is -0.667. The van der Waals surface area contributed by atoms with Crippen LogP contribution in [0.2, 0.25) is 0 Å². The smallest absolute Gasteiger partial charge is 0.282 e. The summed E-state index contributed by atoms with van der Waals surface area (Å²) >= 11 is 0. The molecule has 0 spiro atoms. The Labute approximate surface area is 195 Å². The van der Waals surface area contributed by atoms with E-state index in [4.69, 9.17) is 0 Å². The fourth-order valence-electron chi connectivity index (χ4n) is 4.02. The predicted octanol–water partition coefficient (Wildman–Crippen LogP) is 6.31. The molecule has 1 N–H and O–H groups in total. The van der Waals surface area contributed by atoms with Crippen molar-refractivity contribution in [2.45, 2.75) is 47.0 Å². The number of rotatable bonds is 4. The minimum Gasteiger partial charge on any atom is -0.350 e. The molecule has 3 aromatic rings. The maximum Gasteiger partial charge on any atom is 0.282 e. The number of nitrogens with zero attached hydrogens (tertiary/aromatic N) is 1. The Bertz CT molecular complexity index is 1280. The molecule has 0 aliphatic carbocycles. The Kier molecular flexibility index (Phi) is 5.71. The van der Waals surface area contributed by atoms with Gasteiger partial charge in [0, 0.05) is 5.69 Å². The second kappa shape index (κ2) is 8.36. The molecule has 4 rings (SSSR count). The molecule has 4 nitrogen and oxygen atoms in total. The van der Waals surface area contributed by atoms with Gasteiger partial charge in [-0.25, -0.2) is 4.90 Å². The van der Waals surface area contributed by atoms with Crippen LogP contribution in [0.1, 0.15) is 48.6 Å². The molecule has 1 heterocycles. The van der Waals surface area contributed by atoms with E-state index in [1.54, 1.807) is 0 Å². The van der Waals surface area contributed by atoms with E-state index < -0.39 is 0 Å². The van der Waals surface area contributed by atoms with Crippen LogP contribution in [-0.4, -0.2) is 11.8 Å². The van der Waals surface area contributed by atoms with E-state index in [1.807, 2.05) is 87.5 Å². The van der Waals surface area contributed by atoms with Gasteiger partial charge in [-0.05, 0) is 78.3 Å². The highest BCUT2D eigenvalue weighted by Crippen LogP contribution is 2.35. The fourth-order valence-corrected chi connectivity index (χ4v) is 4.02. The molecular weight excluding hydrogens is 408 g/mol. The molecule has 1 aliphatic rings. The minimum absolute atomic E-state index is 0.0156. The molecule has 2 amide bonds. The van der Waals surface area contributed by atoms with Gasteiger partial charge in [-0.15, -0.1) is 0 Å². The van der Waals surface area contributed by atoms with Crippen LogP contribution in [0, 0.1) is 20.8 Å². The van der Waals surface area contributed by atoms with Crippen molar-refractivity contribution in [3.05, 3.63) is 100 Å². The molecule has 0 bridgehead atoms. The third-order valence-electron chi connectivity index (χ3n) is 6.16. The van der Waals surface area contributed by atoms with Crippen molar-refractivity contribution < 1.29 is 9.59 Å². The molecule has 3 aromatic carbocycles. The van der Waals surface area contributed by atoms with Crippen LogP contribution < -0.4 is 10.2 Å². The summed E-state index contributed by atoms with van der Waals surface area (Å²) < 4.78 is 0. The zero-order valence-electron chi connectivity index (χ0n) is 20.1. The number of carbonyl (C=O) groups is 2. The number of benzene rings is 3. The van der Waals surface area contributed by atoms with Crippen LogP contribution >= 0.6 is 0 Å². The van der Waals surface area contributed by atoms with E-state index in [1.165, 1.54) is 4.90 Å². The summed E-state index contributed by atoms with van der Waals surface area (Å²) in [5.41, 5.74) is 7.18. The van der Waals surface area contributed by atoms with E-state index >= 15 is 0 Å². The zero-order valence-corrected chi connectivity index (χ0v) is 20.1. The lowest BCUT2D eigenvalue weighted by Gasteiger charge is -2.21. The van der Waals surface area contributed by atoms with Crippen molar-refractivity contribution in [2.24, 2.45) is 0 Å². The summed E-state index contributed by atoms with van der Waals surface area (Å²) in [6, 6.07) is 21.3. The highest BCUT2D eigenvalue weighted by Gasteiger charge is 2.40. The number of hydrogen-bond donors (Lipinski definition) is 1. The summed E-state index contributed by atoms with van der Waals surface area (Å²) in [4.78, 5) is 28.6. The van der Waals surface area contributed by atoms with Crippen LogP contribution in [0.25, 0.3) is 5.57 Å². The van der Waals surface area contributed by atoms with Crippen LogP contribution in [-0.2, 0) is 15.0 Å². The van der Waals surface area contributed by atoms with E-state index in [2.05, 4.69) is 26.1 Å². The quantitative estimate of drug-likeness (QED) is 0.486. The van der Waals surface area contributed by atoms with Crippen molar-refractivity contribution in [3.63, 3.8) is 0 Å². The number of nitrogens with one attached hydrogen (secondary N) is 1. The Balaban J connectivity index is 1.80. The lowest BCUT2D eigenvalue weighted by Crippen LogP contribution is -2.32. The molecule has 0 saturated carbocycles. The van der Waals surface area contributed by atoms with Gasteiger partial charge in [0.25, 0.3) is 11.8 Å². The van der Waals surface area contributed by atoms with E-state index in [0.717, 1.165) is 33.5 Å². The lowest BCUT2D eigenvalue weighted by molar-refractivity contribution is -0.120. The van der Waals surface area contributed by atoms with Crippen LogP contribution in [0.4, 0.5) is 11.4 Å². The topological polar surface area (TPSA) is 49.4 Å². The SMILES string of the molecule is Cc1cccc(NC2=C(c3ccc(C)c(C)c3)C(=O)N(c3ccc(C(C)(C)C)cc3)C2=O)c1. The second-order valence-corrected chi connectivity index (χ2v) is 9.79. The summed E-state index contributed by atoms with van der Waals surface area (Å²) in [7, 11) is 0. The van der Waals surface area contributed by atoms with Gasteiger partial charge < -0.3 is 5.32 Å². The molecule has 0 unspecified atom stereocenters. The van der Waals surface area contributed by atoms with Crippen molar-refractivity contribution in [3.8, 4) is 0 Å². The van der Waals surface area contributed by atoms with Gasteiger partial charge >= 0.3 is 0 Å². The summed E-state index contributed by atoms with van der Waals surface area (Å²) in [6.07, 6.45) is 0. The van der Waals surface area contributed by atoms with Gasteiger partial charge in [0.15, 0.2) is 0 Å². The largest absolute Gasteiger partial charge is 0.350 e. The summed E-state index contributed by atoms with van der Waals surface area (Å²) in [5, 5.41) is 3.25. The molecule has 0 aromatic heterocycles. The van der Waals surface area contributed by atoms with E-state index in [9.17, 15) is 9.59 Å². The predicted molar refractivity (Wildman–Crippen MR) is 135 cm³/mol. The molecular formula is C29H30N2O2. The van der Waals surface area contributed by atoms with Crippen LogP contribution in [0.3, 0.4) is 0 Å². The highest BCUT2D eigenvalue weighted by atomic mass is 16.2. The van der Waals surface area contributed by atoms with Crippen molar-refractivity contribution >= 4 is 28.8 Å². The molecule has 0 saturated heterocycles. The highest BCUT2D eigenvalue weighted by molar-refractivity contribution is 6.46. The first kappa shape index (κ1) is 22.5. The molecule has 0 atom stereocenters. The molecule has 168 valence electrons. The molecule has 4 heteroatoms. The van der Waals surface area contributed by atoms with Crippen LogP contribution in [0.5, 0.6) is 0 Å². The lowest BCUT2D eigenvalue weighted by atomic mass is 9.87. The van der Waals surface area contributed by atoms with E-state index in [0.29, 0.717) is 17.0 Å². The summed E-state index contributed by atoms with van der Waals surface area (Å²) in [6.45, 7) is 12.4. The number of amides is 2. The van der Waals surface area contributed by atoms with Crippen LogP contribution in [0.15, 0.2) is 72.4 Å². The van der Waals surface area contributed by atoms with Crippen molar-refractivity contribution in [1.29, 1.82) is 0 Å². The maximum atomic E-state index is 13.7. The maximum absolute atomic E-state index is 13.7. The standard InChI is InChI=1S/C29H30N2O2/c1-18-8-7-9-23(16-18)30-26-25(21-11-10-19(2)20(3)17-21)27(32)31(28(26)33)24-14-12-22(13-15-24)29(4,5)6/h7-17,30H,1-6H3. The average molecular weight is 439 g/mol. The average Bonchev–Trinajstić information content (AvgIpc) is 2.99. The molecule has 0 fully saturated rings. The Hall–Kier alpha value is -3.66. The van der Waals surface area contributed by atoms with Gasteiger partial charge in [0.05, 0.1) is 11.3 Å².